The first-order valence-corrected chi connectivity index (χ1v) is 7.20. The van der Waals surface area contributed by atoms with Gasteiger partial charge < -0.3 is 0 Å². The van der Waals surface area contributed by atoms with Gasteiger partial charge in [-0.3, -0.25) is 0 Å². The van der Waals surface area contributed by atoms with Crippen LogP contribution in [-0.2, 0) is 0 Å². The van der Waals surface area contributed by atoms with E-state index in [0.29, 0.717) is 17.3 Å². The van der Waals surface area contributed by atoms with Crippen LogP contribution in [0.1, 0.15) is 64.5 Å². The SMILES string of the molecule is CC(C)c1ccccc1C1=CCCC1C(C)(C)C. The van der Waals surface area contributed by atoms with E-state index in [1.165, 1.54) is 24.0 Å². The molecule has 18 heavy (non-hydrogen) atoms. The molecule has 0 radical (unpaired) electrons. The Labute approximate surface area is 112 Å². The van der Waals surface area contributed by atoms with Crippen LogP contribution in [0.2, 0.25) is 0 Å². The molecule has 0 spiro atoms. The van der Waals surface area contributed by atoms with Gasteiger partial charge in [-0.2, -0.15) is 0 Å². The van der Waals surface area contributed by atoms with Crippen LogP contribution in [0.15, 0.2) is 30.3 Å². The van der Waals surface area contributed by atoms with E-state index >= 15 is 0 Å². The molecular weight excluding hydrogens is 216 g/mol. The zero-order valence-corrected chi connectivity index (χ0v) is 12.5. The van der Waals surface area contributed by atoms with Crippen molar-refractivity contribution in [1.82, 2.24) is 0 Å². The third-order valence-electron chi connectivity index (χ3n) is 4.13. The first-order chi connectivity index (χ1) is 8.41. The molecular formula is C18H26. The van der Waals surface area contributed by atoms with Gasteiger partial charge in [-0.05, 0) is 46.8 Å². The zero-order valence-electron chi connectivity index (χ0n) is 12.5. The van der Waals surface area contributed by atoms with Crippen molar-refractivity contribution in [1.29, 1.82) is 0 Å². The van der Waals surface area contributed by atoms with Crippen LogP contribution in [0.5, 0.6) is 0 Å². The third kappa shape index (κ3) is 2.53. The van der Waals surface area contributed by atoms with Gasteiger partial charge in [0.2, 0.25) is 0 Å². The average molecular weight is 242 g/mol. The lowest BCUT2D eigenvalue weighted by molar-refractivity contribution is 0.298. The summed E-state index contributed by atoms with van der Waals surface area (Å²) >= 11 is 0. The Morgan fingerprint density at radius 1 is 1.11 bits per heavy atom. The van der Waals surface area contributed by atoms with Gasteiger partial charge in [0, 0.05) is 0 Å². The second-order valence-electron chi connectivity index (χ2n) is 6.90. The predicted octanol–water partition coefficient (Wildman–Crippen LogP) is 5.65. The lowest BCUT2D eigenvalue weighted by Gasteiger charge is -2.31. The molecule has 0 saturated carbocycles. The van der Waals surface area contributed by atoms with Gasteiger partial charge in [0.25, 0.3) is 0 Å². The maximum Gasteiger partial charge on any atom is -0.0107 e. The smallest absolute Gasteiger partial charge is 0.0107 e. The van der Waals surface area contributed by atoms with Gasteiger partial charge in [-0.1, -0.05) is 65.0 Å². The van der Waals surface area contributed by atoms with Crippen LogP contribution in [0.25, 0.3) is 5.57 Å². The Morgan fingerprint density at radius 3 is 2.39 bits per heavy atom. The zero-order chi connectivity index (χ0) is 13.3. The molecule has 0 heteroatoms. The second kappa shape index (κ2) is 4.91. The molecule has 0 saturated heterocycles. The Hall–Kier alpha value is -1.04. The lowest BCUT2D eigenvalue weighted by Crippen LogP contribution is -2.20. The van der Waals surface area contributed by atoms with Gasteiger partial charge in [0.1, 0.15) is 0 Å². The fraction of sp³-hybridized carbons (Fsp3) is 0.556. The Kier molecular flexibility index (Phi) is 3.66. The maximum atomic E-state index is 2.47. The minimum Gasteiger partial charge on any atom is -0.0804 e. The largest absolute Gasteiger partial charge is 0.0804 e. The highest BCUT2D eigenvalue weighted by atomic mass is 14.4. The summed E-state index contributed by atoms with van der Waals surface area (Å²) in [6.07, 6.45) is 5.02. The van der Waals surface area contributed by atoms with Crippen LogP contribution in [0.4, 0.5) is 0 Å². The van der Waals surface area contributed by atoms with E-state index in [-0.39, 0.29) is 0 Å². The van der Waals surface area contributed by atoms with Gasteiger partial charge in [-0.25, -0.2) is 0 Å². The molecule has 1 aromatic carbocycles. The first-order valence-electron chi connectivity index (χ1n) is 7.20. The summed E-state index contributed by atoms with van der Waals surface area (Å²) in [5.74, 6) is 1.31. The summed E-state index contributed by atoms with van der Waals surface area (Å²) in [5, 5.41) is 0. The molecule has 0 aliphatic heterocycles. The van der Waals surface area contributed by atoms with Crippen molar-refractivity contribution in [2.75, 3.05) is 0 Å². The minimum absolute atomic E-state index is 0.367. The molecule has 2 rings (SSSR count). The molecule has 0 aromatic heterocycles. The van der Waals surface area contributed by atoms with E-state index in [4.69, 9.17) is 0 Å². The first kappa shape index (κ1) is 13.4. The van der Waals surface area contributed by atoms with Crippen LogP contribution in [0.3, 0.4) is 0 Å². The van der Waals surface area contributed by atoms with E-state index in [2.05, 4.69) is 65.0 Å². The van der Waals surface area contributed by atoms with E-state index in [9.17, 15) is 0 Å². The molecule has 0 nitrogen and oxygen atoms in total. The molecule has 1 atom stereocenters. The van der Waals surface area contributed by atoms with E-state index in [1.807, 2.05) is 0 Å². The highest BCUT2D eigenvalue weighted by Crippen LogP contribution is 2.46. The number of benzene rings is 1. The molecule has 0 fully saturated rings. The number of hydrogen-bond acceptors (Lipinski definition) is 0. The monoisotopic (exact) mass is 242 g/mol. The average Bonchev–Trinajstić information content (AvgIpc) is 2.77. The summed E-state index contributed by atoms with van der Waals surface area (Å²) in [6, 6.07) is 8.95. The van der Waals surface area contributed by atoms with Crippen LogP contribution < -0.4 is 0 Å². The van der Waals surface area contributed by atoms with Gasteiger partial charge in [0.05, 0.1) is 0 Å². The Bertz CT molecular complexity index is 443. The molecule has 1 aliphatic carbocycles. The highest BCUT2D eigenvalue weighted by molar-refractivity contribution is 5.72. The molecule has 0 heterocycles. The van der Waals surface area contributed by atoms with Crippen molar-refractivity contribution in [3.05, 3.63) is 41.5 Å². The fourth-order valence-corrected chi connectivity index (χ4v) is 3.16. The molecule has 98 valence electrons. The summed E-state index contributed by atoms with van der Waals surface area (Å²) in [7, 11) is 0. The molecule has 0 amide bonds. The summed E-state index contributed by atoms with van der Waals surface area (Å²) in [5.41, 5.74) is 4.95. The molecule has 1 unspecified atom stereocenters. The summed E-state index contributed by atoms with van der Waals surface area (Å²) in [6.45, 7) is 11.7. The van der Waals surface area contributed by atoms with Gasteiger partial charge in [0.15, 0.2) is 0 Å². The van der Waals surface area contributed by atoms with Crippen LogP contribution >= 0.6 is 0 Å². The van der Waals surface area contributed by atoms with Crippen molar-refractivity contribution in [2.24, 2.45) is 11.3 Å². The van der Waals surface area contributed by atoms with E-state index in [0.717, 1.165) is 0 Å². The predicted molar refractivity (Wildman–Crippen MR) is 80.7 cm³/mol. The molecule has 0 bridgehead atoms. The third-order valence-corrected chi connectivity index (χ3v) is 4.13. The molecule has 1 aliphatic rings. The molecule has 0 N–H and O–H groups in total. The molecule has 1 aromatic rings. The Balaban J connectivity index is 2.43. The normalized spacial score (nSPS) is 20.3. The van der Waals surface area contributed by atoms with Gasteiger partial charge in [-0.15, -0.1) is 0 Å². The van der Waals surface area contributed by atoms with E-state index in [1.54, 1.807) is 5.57 Å². The summed E-state index contributed by atoms with van der Waals surface area (Å²) < 4.78 is 0. The quantitative estimate of drug-likeness (QED) is 0.628. The van der Waals surface area contributed by atoms with Crippen LogP contribution in [-0.4, -0.2) is 0 Å². The number of allylic oxidation sites excluding steroid dienone is 2. The van der Waals surface area contributed by atoms with Crippen molar-refractivity contribution in [3.63, 3.8) is 0 Å². The van der Waals surface area contributed by atoms with Crippen molar-refractivity contribution in [3.8, 4) is 0 Å². The lowest BCUT2D eigenvalue weighted by atomic mass is 9.74. The van der Waals surface area contributed by atoms with Crippen LogP contribution in [0, 0.1) is 11.3 Å². The van der Waals surface area contributed by atoms with Gasteiger partial charge >= 0.3 is 0 Å². The summed E-state index contributed by atoms with van der Waals surface area (Å²) in [4.78, 5) is 0. The topological polar surface area (TPSA) is 0 Å². The standard InChI is InChI=1S/C18H26/c1-13(2)14-9-6-7-10-15(14)16-11-8-12-17(16)18(3,4)5/h6-7,9-11,13,17H,8,12H2,1-5H3. The van der Waals surface area contributed by atoms with E-state index < -0.39 is 0 Å². The van der Waals surface area contributed by atoms with Crippen molar-refractivity contribution < 1.29 is 0 Å². The minimum atomic E-state index is 0.367. The highest BCUT2D eigenvalue weighted by Gasteiger charge is 2.32. The van der Waals surface area contributed by atoms with Crippen molar-refractivity contribution in [2.45, 2.75) is 53.4 Å². The Morgan fingerprint density at radius 2 is 1.78 bits per heavy atom. The number of rotatable bonds is 2. The second-order valence-corrected chi connectivity index (χ2v) is 6.90. The fourth-order valence-electron chi connectivity index (χ4n) is 3.16. The number of hydrogen-bond donors (Lipinski definition) is 0. The maximum absolute atomic E-state index is 2.47. The van der Waals surface area contributed by atoms with Crippen molar-refractivity contribution >= 4 is 5.57 Å².